The molecule has 0 saturated heterocycles. The lowest BCUT2D eigenvalue weighted by molar-refractivity contribution is 0.589. The molecule has 3 heterocycles. The average Bonchev–Trinajstić information content (AvgIpc) is 1.34. The van der Waals surface area contributed by atoms with Crippen molar-refractivity contribution >= 4 is 96.1 Å². The fourth-order valence-corrected chi connectivity index (χ4v) is 14.2. The van der Waals surface area contributed by atoms with Crippen LogP contribution in [0, 0.1) is 41.5 Å². The highest BCUT2D eigenvalue weighted by Crippen LogP contribution is 2.51. The Morgan fingerprint density at radius 1 is 0.353 bits per heavy atom. The quantitative estimate of drug-likeness (QED) is 0.141. The van der Waals surface area contributed by atoms with Crippen molar-refractivity contribution < 1.29 is 0 Å². The van der Waals surface area contributed by atoms with Gasteiger partial charge in [-0.05, 0) is 227 Å². The Kier molecular flexibility index (Phi) is 12.8. The van der Waals surface area contributed by atoms with Gasteiger partial charge in [-0.25, -0.2) is 0 Å². The van der Waals surface area contributed by atoms with Gasteiger partial charge in [0.25, 0.3) is 6.71 Å². The van der Waals surface area contributed by atoms with E-state index in [9.17, 15) is 0 Å². The second-order valence-electron chi connectivity index (χ2n) is 26.2. The van der Waals surface area contributed by atoms with E-state index in [1.807, 2.05) is 0 Å². The number of aromatic nitrogens is 1. The van der Waals surface area contributed by atoms with E-state index in [2.05, 4.69) is 327 Å². The number of hydrogen-bond acceptors (Lipinski definition) is 3. The molecule has 4 nitrogen and oxygen atoms in total. The number of benzene rings is 11. The molecule has 416 valence electrons. The minimum absolute atomic E-state index is 0.0192. The lowest BCUT2D eigenvalue weighted by Gasteiger charge is -2.46. The first-order chi connectivity index (χ1) is 40.9. The van der Waals surface area contributed by atoms with Gasteiger partial charge in [-0.15, -0.1) is 0 Å². The molecule has 0 saturated carbocycles. The first kappa shape index (κ1) is 53.7. The summed E-state index contributed by atoms with van der Waals surface area (Å²) in [6, 6.07) is 84.9. The van der Waals surface area contributed by atoms with Crippen molar-refractivity contribution in [1.29, 1.82) is 0 Å². The van der Waals surface area contributed by atoms with Gasteiger partial charge in [0.05, 0.1) is 22.4 Å². The van der Waals surface area contributed by atoms with Gasteiger partial charge in [-0.2, -0.15) is 0 Å². The molecule has 0 radical (unpaired) electrons. The SMILES string of the molecule is Cc1cc2c3c(c1)N(c1c(C)cc(-c4ccccc4)cc1C)c1cc(C(C)(C)C)ccc1B3c1ccc(N(c3ccc4c5ccccc5n(-c5ccccc5)c4c3)c3ccc(C(C)(C)C)cc3C)cc1N2c1c(C)cc(-c2ccccc2)cc1C. The van der Waals surface area contributed by atoms with Crippen molar-refractivity contribution in [2.24, 2.45) is 0 Å². The molecule has 1 aromatic heterocycles. The smallest absolute Gasteiger partial charge is 0.252 e. The van der Waals surface area contributed by atoms with E-state index in [4.69, 9.17) is 0 Å². The minimum Gasteiger partial charge on any atom is -0.311 e. The summed E-state index contributed by atoms with van der Waals surface area (Å²) < 4.78 is 2.44. The molecule has 0 bridgehead atoms. The molecule has 14 rings (SSSR count). The zero-order chi connectivity index (χ0) is 58.8. The van der Waals surface area contributed by atoms with Crippen LogP contribution in [0.15, 0.2) is 224 Å². The summed E-state index contributed by atoms with van der Waals surface area (Å²) in [6.45, 7) is 27.7. The molecule has 2 aliphatic heterocycles. The van der Waals surface area contributed by atoms with Gasteiger partial charge < -0.3 is 19.3 Å². The normalized spacial score (nSPS) is 12.9. The molecule has 0 fully saturated rings. The van der Waals surface area contributed by atoms with Crippen molar-refractivity contribution in [3.8, 4) is 27.9 Å². The summed E-state index contributed by atoms with van der Waals surface area (Å²) in [5, 5.41) is 2.46. The van der Waals surface area contributed by atoms with Crippen LogP contribution in [0.3, 0.4) is 0 Å². The third-order valence-electron chi connectivity index (χ3n) is 18.2. The van der Waals surface area contributed by atoms with Gasteiger partial charge in [0.15, 0.2) is 0 Å². The highest BCUT2D eigenvalue weighted by molar-refractivity contribution is 7.00. The number of rotatable bonds is 8. The largest absolute Gasteiger partial charge is 0.311 e. The van der Waals surface area contributed by atoms with Crippen molar-refractivity contribution in [3.63, 3.8) is 0 Å². The van der Waals surface area contributed by atoms with Crippen LogP contribution in [0.1, 0.15) is 86.1 Å². The fourth-order valence-electron chi connectivity index (χ4n) is 14.2. The van der Waals surface area contributed by atoms with Crippen LogP contribution in [0.5, 0.6) is 0 Å². The van der Waals surface area contributed by atoms with Crippen LogP contribution in [0.4, 0.5) is 51.2 Å². The van der Waals surface area contributed by atoms with E-state index >= 15 is 0 Å². The Morgan fingerprint density at radius 2 is 0.812 bits per heavy atom. The highest BCUT2D eigenvalue weighted by atomic mass is 15.2. The Labute approximate surface area is 503 Å². The van der Waals surface area contributed by atoms with Gasteiger partial charge in [0.2, 0.25) is 0 Å². The Morgan fingerprint density at radius 3 is 1.36 bits per heavy atom. The van der Waals surface area contributed by atoms with E-state index in [1.165, 1.54) is 139 Å². The van der Waals surface area contributed by atoms with Crippen molar-refractivity contribution in [2.45, 2.75) is 93.9 Å². The first-order valence-electron chi connectivity index (χ1n) is 30.3. The van der Waals surface area contributed by atoms with Crippen LogP contribution >= 0.6 is 0 Å². The van der Waals surface area contributed by atoms with E-state index in [0.29, 0.717) is 0 Å². The molecule has 0 aliphatic carbocycles. The number of anilines is 9. The first-order valence-corrected chi connectivity index (χ1v) is 30.3. The molecule has 0 N–H and O–H groups in total. The minimum atomic E-state index is -0.0811. The maximum atomic E-state index is 2.65. The summed E-state index contributed by atoms with van der Waals surface area (Å²) in [6.07, 6.45) is 0. The van der Waals surface area contributed by atoms with Gasteiger partial charge in [-0.1, -0.05) is 175 Å². The summed E-state index contributed by atoms with van der Waals surface area (Å²) in [7, 11) is 0. The molecule has 0 amide bonds. The van der Waals surface area contributed by atoms with Crippen LogP contribution < -0.4 is 31.1 Å². The van der Waals surface area contributed by atoms with Crippen LogP contribution in [-0.4, -0.2) is 11.3 Å². The van der Waals surface area contributed by atoms with E-state index in [-0.39, 0.29) is 17.5 Å². The fraction of sp³-hybridized carbons (Fsp3) is 0.175. The van der Waals surface area contributed by atoms with E-state index < -0.39 is 0 Å². The second kappa shape index (κ2) is 20.2. The zero-order valence-corrected chi connectivity index (χ0v) is 51.2. The average molecular weight is 1100 g/mol. The van der Waals surface area contributed by atoms with E-state index in [1.54, 1.807) is 0 Å². The number of para-hydroxylation sites is 2. The van der Waals surface area contributed by atoms with Gasteiger partial charge >= 0.3 is 0 Å². The zero-order valence-electron chi connectivity index (χ0n) is 51.2. The third kappa shape index (κ3) is 8.97. The van der Waals surface area contributed by atoms with Crippen molar-refractivity contribution in [2.75, 3.05) is 14.7 Å². The molecule has 0 atom stereocenters. The van der Waals surface area contributed by atoms with Gasteiger partial charge in [-0.3, -0.25) is 0 Å². The topological polar surface area (TPSA) is 14.7 Å². The molecular formula is C80H73BN4. The Balaban J connectivity index is 1.05. The predicted octanol–water partition coefficient (Wildman–Crippen LogP) is 20.1. The maximum absolute atomic E-state index is 2.65. The summed E-state index contributed by atoms with van der Waals surface area (Å²) >= 11 is 0. The number of fused-ring (bicyclic) bond motifs is 7. The monoisotopic (exact) mass is 1100 g/mol. The number of hydrogen-bond donors (Lipinski definition) is 0. The summed E-state index contributed by atoms with van der Waals surface area (Å²) in [5.41, 5.74) is 32.8. The predicted molar refractivity (Wildman–Crippen MR) is 366 cm³/mol. The molecule has 12 aromatic rings. The van der Waals surface area contributed by atoms with Crippen molar-refractivity contribution in [1.82, 2.24) is 4.57 Å². The van der Waals surface area contributed by atoms with Crippen molar-refractivity contribution in [3.05, 3.63) is 269 Å². The van der Waals surface area contributed by atoms with Gasteiger partial charge in [0.1, 0.15) is 0 Å². The van der Waals surface area contributed by atoms with Crippen LogP contribution in [-0.2, 0) is 10.8 Å². The highest BCUT2D eigenvalue weighted by Gasteiger charge is 2.45. The molecule has 85 heavy (non-hydrogen) atoms. The second-order valence-corrected chi connectivity index (χ2v) is 26.2. The summed E-state index contributed by atoms with van der Waals surface area (Å²) in [5.74, 6) is 0. The maximum Gasteiger partial charge on any atom is 0.252 e. The van der Waals surface area contributed by atoms with E-state index in [0.717, 1.165) is 22.7 Å². The summed E-state index contributed by atoms with van der Waals surface area (Å²) in [4.78, 5) is 7.81. The lowest BCUT2D eigenvalue weighted by atomic mass is 9.33. The molecule has 2 aliphatic rings. The Hall–Kier alpha value is -9.32. The van der Waals surface area contributed by atoms with Gasteiger partial charge in [0, 0.05) is 56.3 Å². The number of aryl methyl sites for hydroxylation is 6. The lowest BCUT2D eigenvalue weighted by Crippen LogP contribution is -2.61. The third-order valence-corrected chi connectivity index (χ3v) is 18.2. The van der Waals surface area contributed by atoms with Crippen LogP contribution in [0.2, 0.25) is 0 Å². The standard InChI is InChI=1S/C80H73BN4/c1-50-40-74-76-75(41-50)85(78-54(5)44-59(45-55(78)6)57-26-18-14-19-27-57)73-49-64(35-38-68(73)81(76)67-37-32-61(80(10,11)12)47-72(67)84(74)77-52(3)42-58(43-53(77)4)56-24-16-13-17-25-56)82(69-39-33-60(46-51(69)2)79(7,8)9)63-34-36-66-65-30-22-23-31-70(65)83(71(66)48-63)62-28-20-15-21-29-62/h13-49H,1-12H3. The molecule has 5 heteroatoms. The Bertz CT molecular complexity index is 4590. The molecule has 0 unspecified atom stereocenters. The van der Waals surface area contributed by atoms with Crippen LogP contribution in [0.25, 0.3) is 49.7 Å². The molecule has 0 spiro atoms. The molecule has 11 aromatic carbocycles. The molecular weight excluding hydrogens is 1030 g/mol. The number of nitrogens with zero attached hydrogens (tertiary/aromatic N) is 4.